The number of imidazole rings is 1. The smallest absolute Gasteiger partial charge is 0.241 e. The number of sulfonamides is 1. The summed E-state index contributed by atoms with van der Waals surface area (Å²) in [5.74, 6) is -0.570. The van der Waals surface area contributed by atoms with Gasteiger partial charge in [-0.1, -0.05) is 18.2 Å². The van der Waals surface area contributed by atoms with Crippen LogP contribution in [-0.2, 0) is 34.8 Å². The molecule has 1 saturated carbocycles. The monoisotopic (exact) mass is 562 g/mol. The normalized spacial score (nSPS) is 19.8. The number of benzene rings is 3. The average molecular weight is 563 g/mol. The molecular weight excluding hydrogens is 534 g/mol. The fourth-order valence-electron chi connectivity index (χ4n) is 5.51. The third kappa shape index (κ3) is 5.16. The van der Waals surface area contributed by atoms with Gasteiger partial charge in [0.1, 0.15) is 17.5 Å². The summed E-state index contributed by atoms with van der Waals surface area (Å²) < 4.78 is 57.9. The van der Waals surface area contributed by atoms with Crippen LogP contribution in [-0.4, -0.2) is 23.9 Å². The van der Waals surface area contributed by atoms with E-state index >= 15 is 0 Å². The standard InChI is InChI=1S/C30H28F2N4O3S/c1-35-14-13-33-29(35)18-36(30(37)27-17-25(27)20-3-2-4-22(32)15-20)23-9-5-19-6-12-28(26(19)16-23)34-40(38,39)24-10-7-21(31)8-11-24/h2-5,7-11,13-16,25,27-28,34H,6,12,17-18H2,1H3/t25-,27-,28-/m1/s1. The first-order valence-electron chi connectivity index (χ1n) is 13.1. The van der Waals surface area contributed by atoms with E-state index in [0.717, 1.165) is 28.8 Å². The fourth-order valence-corrected chi connectivity index (χ4v) is 6.76. The lowest BCUT2D eigenvalue weighted by molar-refractivity contribution is -0.120. The summed E-state index contributed by atoms with van der Waals surface area (Å²) in [6.45, 7) is 0.236. The largest absolute Gasteiger partial charge is 0.337 e. The highest BCUT2D eigenvalue weighted by atomic mass is 32.2. The van der Waals surface area contributed by atoms with Gasteiger partial charge in [0.05, 0.1) is 11.4 Å². The Bertz CT molecular complexity index is 1690. The molecule has 0 saturated heterocycles. The van der Waals surface area contributed by atoms with Crippen molar-refractivity contribution in [3.05, 3.63) is 113 Å². The highest BCUT2D eigenvalue weighted by molar-refractivity contribution is 7.89. The van der Waals surface area contributed by atoms with E-state index in [1.165, 1.54) is 24.3 Å². The molecule has 1 aromatic heterocycles. The van der Waals surface area contributed by atoms with Crippen LogP contribution in [0.3, 0.4) is 0 Å². The van der Waals surface area contributed by atoms with Crippen LogP contribution in [0.25, 0.3) is 0 Å². The van der Waals surface area contributed by atoms with Gasteiger partial charge in [-0.25, -0.2) is 26.9 Å². The van der Waals surface area contributed by atoms with Gasteiger partial charge >= 0.3 is 0 Å². The SMILES string of the molecule is Cn1ccnc1CN(C(=O)[C@@H]1C[C@@H]1c1cccc(F)c1)c1ccc2c(c1)[C@H](NS(=O)(=O)c1ccc(F)cc1)CC2. The van der Waals surface area contributed by atoms with Crippen molar-refractivity contribution in [3.63, 3.8) is 0 Å². The van der Waals surface area contributed by atoms with Crippen LogP contribution >= 0.6 is 0 Å². The van der Waals surface area contributed by atoms with Crippen LogP contribution in [0.2, 0.25) is 0 Å². The Balaban J connectivity index is 1.29. The van der Waals surface area contributed by atoms with Gasteiger partial charge in [-0.2, -0.15) is 0 Å². The molecule has 0 aliphatic heterocycles. The number of fused-ring (bicyclic) bond motifs is 1. The van der Waals surface area contributed by atoms with Crippen molar-refractivity contribution in [1.29, 1.82) is 0 Å². The minimum Gasteiger partial charge on any atom is -0.337 e. The Kier molecular flexibility index (Phi) is 6.75. The quantitative estimate of drug-likeness (QED) is 0.328. The van der Waals surface area contributed by atoms with Crippen LogP contribution in [0.4, 0.5) is 14.5 Å². The maximum Gasteiger partial charge on any atom is 0.241 e. The van der Waals surface area contributed by atoms with Crippen LogP contribution in [0, 0.1) is 17.6 Å². The Morgan fingerprint density at radius 1 is 1.07 bits per heavy atom. The molecule has 2 aliphatic carbocycles. The summed E-state index contributed by atoms with van der Waals surface area (Å²) >= 11 is 0. The van der Waals surface area contributed by atoms with Gasteiger partial charge in [0, 0.05) is 37.1 Å². The molecule has 0 unspecified atom stereocenters. The number of carbonyl (C=O) groups excluding carboxylic acids is 1. The zero-order chi connectivity index (χ0) is 28.0. The molecule has 1 N–H and O–H groups in total. The second-order valence-corrected chi connectivity index (χ2v) is 12.1. The Labute approximate surface area is 231 Å². The van der Waals surface area contributed by atoms with Crippen molar-refractivity contribution in [1.82, 2.24) is 14.3 Å². The van der Waals surface area contributed by atoms with E-state index in [-0.39, 0.29) is 35.0 Å². The molecule has 0 bridgehead atoms. The third-order valence-corrected chi connectivity index (χ3v) is 9.30. The van der Waals surface area contributed by atoms with Crippen LogP contribution < -0.4 is 9.62 Å². The van der Waals surface area contributed by atoms with E-state index < -0.39 is 21.9 Å². The molecule has 1 heterocycles. The molecule has 1 amide bonds. The molecule has 4 aromatic rings. The van der Waals surface area contributed by atoms with Crippen LogP contribution in [0.15, 0.2) is 84.0 Å². The van der Waals surface area contributed by atoms with Gasteiger partial charge in [-0.3, -0.25) is 4.79 Å². The van der Waals surface area contributed by atoms with Gasteiger partial charge in [-0.15, -0.1) is 0 Å². The zero-order valence-electron chi connectivity index (χ0n) is 21.8. The predicted molar refractivity (Wildman–Crippen MR) is 146 cm³/mol. The lowest BCUT2D eigenvalue weighted by Gasteiger charge is -2.25. The minimum absolute atomic E-state index is 0.0118. The van der Waals surface area contributed by atoms with E-state index in [0.29, 0.717) is 30.8 Å². The van der Waals surface area contributed by atoms with Crippen molar-refractivity contribution in [2.24, 2.45) is 13.0 Å². The van der Waals surface area contributed by atoms with Gasteiger partial charge in [-0.05, 0) is 90.4 Å². The molecule has 6 rings (SSSR count). The third-order valence-electron chi connectivity index (χ3n) is 7.81. The summed E-state index contributed by atoms with van der Waals surface area (Å²) in [4.78, 5) is 20.0. The first-order chi connectivity index (χ1) is 19.2. The first kappa shape index (κ1) is 26.3. The fraction of sp³-hybridized carbons (Fsp3) is 0.267. The molecule has 40 heavy (non-hydrogen) atoms. The summed E-state index contributed by atoms with van der Waals surface area (Å²) in [6.07, 6.45) is 5.37. The number of hydrogen-bond acceptors (Lipinski definition) is 4. The summed E-state index contributed by atoms with van der Waals surface area (Å²) in [5, 5.41) is 0. The van der Waals surface area contributed by atoms with Crippen molar-refractivity contribution in [2.75, 3.05) is 4.90 Å². The number of nitrogens with one attached hydrogen (secondary N) is 1. The highest BCUT2D eigenvalue weighted by Crippen LogP contribution is 2.49. The van der Waals surface area contributed by atoms with E-state index in [4.69, 9.17) is 0 Å². The molecule has 3 atom stereocenters. The van der Waals surface area contributed by atoms with E-state index in [1.807, 2.05) is 42.1 Å². The molecule has 206 valence electrons. The number of anilines is 1. The minimum atomic E-state index is -3.89. The Hall–Kier alpha value is -3.89. The van der Waals surface area contributed by atoms with Crippen molar-refractivity contribution < 1.29 is 22.0 Å². The number of aromatic nitrogens is 2. The Morgan fingerprint density at radius 2 is 1.88 bits per heavy atom. The topological polar surface area (TPSA) is 84.3 Å². The lowest BCUT2D eigenvalue weighted by Crippen LogP contribution is -2.33. The lowest BCUT2D eigenvalue weighted by atomic mass is 10.1. The molecule has 2 aliphatic rings. The summed E-state index contributed by atoms with van der Waals surface area (Å²) in [6, 6.07) is 16.3. The number of halogens is 2. The maximum absolute atomic E-state index is 13.9. The first-order valence-corrected chi connectivity index (χ1v) is 14.6. The summed E-state index contributed by atoms with van der Waals surface area (Å²) in [5.41, 5.74) is 3.26. The van der Waals surface area contributed by atoms with Crippen molar-refractivity contribution in [3.8, 4) is 0 Å². The van der Waals surface area contributed by atoms with Gasteiger partial charge in [0.25, 0.3) is 0 Å². The van der Waals surface area contributed by atoms with E-state index in [9.17, 15) is 22.0 Å². The number of aryl methyl sites for hydroxylation is 2. The van der Waals surface area contributed by atoms with Crippen molar-refractivity contribution in [2.45, 2.75) is 42.7 Å². The maximum atomic E-state index is 13.9. The van der Waals surface area contributed by atoms with Crippen LogP contribution in [0.5, 0.6) is 0 Å². The van der Waals surface area contributed by atoms with Gasteiger partial charge < -0.3 is 9.47 Å². The predicted octanol–water partition coefficient (Wildman–Crippen LogP) is 5.00. The second-order valence-electron chi connectivity index (χ2n) is 10.4. The van der Waals surface area contributed by atoms with E-state index in [1.54, 1.807) is 17.2 Å². The molecular formula is C30H28F2N4O3S. The number of amides is 1. The molecule has 0 radical (unpaired) electrons. The average Bonchev–Trinajstić information content (AvgIpc) is 3.50. The van der Waals surface area contributed by atoms with Gasteiger partial charge in [0.2, 0.25) is 15.9 Å². The number of carbonyl (C=O) groups is 1. The Morgan fingerprint density at radius 3 is 2.60 bits per heavy atom. The van der Waals surface area contributed by atoms with E-state index in [2.05, 4.69) is 9.71 Å². The van der Waals surface area contributed by atoms with Crippen LogP contribution in [0.1, 0.15) is 47.3 Å². The number of hydrogen-bond donors (Lipinski definition) is 1. The highest BCUT2D eigenvalue weighted by Gasteiger charge is 2.46. The molecule has 1 fully saturated rings. The van der Waals surface area contributed by atoms with Crippen molar-refractivity contribution >= 4 is 21.6 Å². The molecule has 0 spiro atoms. The molecule has 7 nitrogen and oxygen atoms in total. The summed E-state index contributed by atoms with van der Waals surface area (Å²) in [7, 11) is -2.02. The molecule has 10 heteroatoms. The number of rotatable bonds is 8. The second kappa shape index (κ2) is 10.3. The zero-order valence-corrected chi connectivity index (χ0v) is 22.6. The van der Waals surface area contributed by atoms with Gasteiger partial charge in [0.15, 0.2) is 0 Å². The molecule has 3 aromatic carbocycles. The number of nitrogens with zero attached hydrogens (tertiary/aromatic N) is 3.